The number of amides is 4. The first-order chi connectivity index (χ1) is 13.0. The lowest BCUT2D eigenvalue weighted by Crippen LogP contribution is -2.57. The molecule has 3 unspecified atom stereocenters. The summed E-state index contributed by atoms with van der Waals surface area (Å²) in [6.45, 7) is 2.28. The van der Waals surface area contributed by atoms with Crippen LogP contribution in [-0.4, -0.2) is 71.1 Å². The van der Waals surface area contributed by atoms with E-state index in [4.69, 9.17) is 16.6 Å². The third-order valence-electron chi connectivity index (χ3n) is 3.60. The Balaban J connectivity index is 5.01. The minimum atomic E-state index is -1.38. The number of aliphatic carboxylic acids is 1. The van der Waals surface area contributed by atoms with Crippen molar-refractivity contribution in [3.05, 3.63) is 0 Å². The van der Waals surface area contributed by atoms with Crippen molar-refractivity contribution in [2.75, 3.05) is 13.2 Å². The highest BCUT2D eigenvalue weighted by molar-refractivity contribution is 5.94. The molecule has 160 valence electrons. The average molecular weight is 403 g/mol. The van der Waals surface area contributed by atoms with Crippen LogP contribution >= 0.6 is 0 Å². The Labute approximate surface area is 162 Å². The van der Waals surface area contributed by atoms with Crippen LogP contribution in [0.25, 0.3) is 0 Å². The largest absolute Gasteiger partial charge is 0.480 e. The first-order valence-electron chi connectivity index (χ1n) is 8.72. The van der Waals surface area contributed by atoms with E-state index >= 15 is 0 Å². The second-order valence-electron chi connectivity index (χ2n) is 6.66. The van der Waals surface area contributed by atoms with Crippen LogP contribution in [0.4, 0.5) is 0 Å². The van der Waals surface area contributed by atoms with Crippen molar-refractivity contribution in [1.29, 1.82) is 0 Å². The Hall–Kier alpha value is -2.73. The number of carbonyl (C=O) groups is 5. The molecule has 12 nitrogen and oxygen atoms in total. The summed E-state index contributed by atoms with van der Waals surface area (Å²) in [5.41, 5.74) is 10.8. The van der Waals surface area contributed by atoms with Crippen molar-refractivity contribution in [2.45, 2.75) is 51.2 Å². The van der Waals surface area contributed by atoms with Gasteiger partial charge in [0.25, 0.3) is 0 Å². The van der Waals surface area contributed by atoms with Gasteiger partial charge in [-0.2, -0.15) is 0 Å². The van der Waals surface area contributed by atoms with Crippen molar-refractivity contribution >= 4 is 29.6 Å². The molecule has 0 spiro atoms. The summed E-state index contributed by atoms with van der Waals surface area (Å²) in [5, 5.41) is 24.6. The topological polar surface area (TPSA) is 214 Å². The van der Waals surface area contributed by atoms with E-state index in [0.29, 0.717) is 6.42 Å². The molecule has 0 aliphatic carbocycles. The SMILES string of the molecule is CC(C)CC(N)C(=O)NC(CO)C(=O)NC(CCC(N)=O)C(=O)NCC(=O)O. The minimum absolute atomic E-state index is 0.137. The first kappa shape index (κ1) is 25.3. The molecule has 0 rings (SSSR count). The molecule has 0 radical (unpaired) electrons. The van der Waals surface area contributed by atoms with Crippen LogP contribution in [-0.2, 0) is 24.0 Å². The molecule has 0 aromatic rings. The molecule has 0 aromatic carbocycles. The van der Waals surface area contributed by atoms with Crippen LogP contribution in [0.5, 0.6) is 0 Å². The molecule has 0 aliphatic rings. The van der Waals surface area contributed by atoms with Crippen molar-refractivity contribution in [1.82, 2.24) is 16.0 Å². The summed E-state index contributed by atoms with van der Waals surface area (Å²) in [5.74, 6) is -4.28. The maximum atomic E-state index is 12.3. The lowest BCUT2D eigenvalue weighted by atomic mass is 10.0. The third kappa shape index (κ3) is 10.4. The molecule has 0 saturated carbocycles. The van der Waals surface area contributed by atoms with Gasteiger partial charge in [0.05, 0.1) is 12.6 Å². The second kappa shape index (κ2) is 12.6. The molecule has 0 saturated heterocycles. The summed E-state index contributed by atoms with van der Waals surface area (Å²) < 4.78 is 0. The molecule has 4 amide bonds. The number of nitrogens with one attached hydrogen (secondary N) is 3. The number of aliphatic hydroxyl groups excluding tert-OH is 1. The predicted octanol–water partition coefficient (Wildman–Crippen LogP) is -3.21. The van der Waals surface area contributed by atoms with Crippen LogP contribution in [0.1, 0.15) is 33.1 Å². The zero-order valence-corrected chi connectivity index (χ0v) is 15.9. The number of aliphatic hydroxyl groups is 1. The molecule has 28 heavy (non-hydrogen) atoms. The summed E-state index contributed by atoms with van der Waals surface area (Å²) in [4.78, 5) is 57.9. The van der Waals surface area contributed by atoms with Gasteiger partial charge in [-0.3, -0.25) is 24.0 Å². The number of primary amides is 1. The molecule has 0 heterocycles. The first-order valence-corrected chi connectivity index (χ1v) is 8.72. The van der Waals surface area contributed by atoms with E-state index in [9.17, 15) is 29.1 Å². The van der Waals surface area contributed by atoms with Crippen molar-refractivity contribution in [2.24, 2.45) is 17.4 Å². The fraction of sp³-hybridized carbons (Fsp3) is 0.688. The highest BCUT2D eigenvalue weighted by atomic mass is 16.4. The molecule has 0 fully saturated rings. The Kier molecular flexibility index (Phi) is 11.4. The fourth-order valence-electron chi connectivity index (χ4n) is 2.20. The fourth-order valence-corrected chi connectivity index (χ4v) is 2.20. The summed E-state index contributed by atoms with van der Waals surface area (Å²) in [6.07, 6.45) is -0.0727. The average Bonchev–Trinajstić information content (AvgIpc) is 2.59. The van der Waals surface area contributed by atoms with Crippen LogP contribution < -0.4 is 27.4 Å². The lowest BCUT2D eigenvalue weighted by molar-refractivity contribution is -0.138. The van der Waals surface area contributed by atoms with E-state index in [1.807, 2.05) is 13.8 Å². The van der Waals surface area contributed by atoms with Crippen molar-refractivity contribution in [3.8, 4) is 0 Å². The van der Waals surface area contributed by atoms with Gasteiger partial charge in [0.1, 0.15) is 18.6 Å². The van der Waals surface area contributed by atoms with Crippen LogP contribution in [0, 0.1) is 5.92 Å². The molecule has 0 bridgehead atoms. The number of hydrogen-bond acceptors (Lipinski definition) is 7. The number of carboxylic acid groups (broad SMARTS) is 1. The van der Waals surface area contributed by atoms with Gasteiger partial charge in [-0.1, -0.05) is 13.8 Å². The molecular formula is C16H29N5O7. The van der Waals surface area contributed by atoms with E-state index < -0.39 is 60.9 Å². The predicted molar refractivity (Wildman–Crippen MR) is 97.5 cm³/mol. The normalized spacial score (nSPS) is 13.9. The molecular weight excluding hydrogens is 374 g/mol. The van der Waals surface area contributed by atoms with E-state index in [2.05, 4.69) is 16.0 Å². The van der Waals surface area contributed by atoms with E-state index in [0.717, 1.165) is 0 Å². The van der Waals surface area contributed by atoms with Gasteiger partial charge in [0.2, 0.25) is 23.6 Å². The molecule has 9 N–H and O–H groups in total. The number of rotatable bonds is 13. The third-order valence-corrected chi connectivity index (χ3v) is 3.60. The Morgan fingerprint density at radius 3 is 2.00 bits per heavy atom. The number of carboxylic acids is 1. The van der Waals surface area contributed by atoms with Crippen molar-refractivity contribution in [3.63, 3.8) is 0 Å². The number of carbonyl (C=O) groups excluding carboxylic acids is 4. The maximum Gasteiger partial charge on any atom is 0.322 e. The molecule has 0 aliphatic heterocycles. The number of hydrogen-bond donors (Lipinski definition) is 7. The highest BCUT2D eigenvalue weighted by Crippen LogP contribution is 2.03. The van der Waals surface area contributed by atoms with E-state index in [1.54, 1.807) is 0 Å². The highest BCUT2D eigenvalue weighted by Gasteiger charge is 2.28. The van der Waals surface area contributed by atoms with E-state index in [1.165, 1.54) is 0 Å². The van der Waals surface area contributed by atoms with Crippen LogP contribution in [0.3, 0.4) is 0 Å². The standard InChI is InChI=1S/C16H29N5O7/c1-8(2)5-9(17)14(26)21-11(7-22)16(28)20-10(3-4-12(18)23)15(27)19-6-13(24)25/h8-11,22H,3-7,17H2,1-2H3,(H2,18,23)(H,19,27)(H,20,28)(H,21,26)(H,24,25). The van der Waals surface area contributed by atoms with Crippen LogP contribution in [0.2, 0.25) is 0 Å². The van der Waals surface area contributed by atoms with Gasteiger partial charge in [0.15, 0.2) is 0 Å². The van der Waals surface area contributed by atoms with Crippen molar-refractivity contribution < 1.29 is 34.2 Å². The van der Waals surface area contributed by atoms with Gasteiger partial charge in [-0.05, 0) is 18.8 Å². The number of nitrogens with two attached hydrogens (primary N) is 2. The maximum absolute atomic E-state index is 12.3. The zero-order chi connectivity index (χ0) is 21.9. The second-order valence-corrected chi connectivity index (χ2v) is 6.66. The smallest absolute Gasteiger partial charge is 0.322 e. The quantitative estimate of drug-likeness (QED) is 0.166. The van der Waals surface area contributed by atoms with Gasteiger partial charge in [0, 0.05) is 6.42 Å². The molecule has 3 atom stereocenters. The molecule has 12 heteroatoms. The van der Waals surface area contributed by atoms with Gasteiger partial charge in [-0.25, -0.2) is 0 Å². The van der Waals surface area contributed by atoms with Gasteiger partial charge in [-0.15, -0.1) is 0 Å². The monoisotopic (exact) mass is 403 g/mol. The van der Waals surface area contributed by atoms with E-state index in [-0.39, 0.29) is 18.8 Å². The summed E-state index contributed by atoms with van der Waals surface area (Å²) in [6, 6.07) is -3.55. The summed E-state index contributed by atoms with van der Waals surface area (Å²) >= 11 is 0. The zero-order valence-electron chi connectivity index (χ0n) is 15.9. The lowest BCUT2D eigenvalue weighted by Gasteiger charge is -2.23. The van der Waals surface area contributed by atoms with Crippen LogP contribution in [0.15, 0.2) is 0 Å². The Morgan fingerprint density at radius 2 is 1.54 bits per heavy atom. The van der Waals surface area contributed by atoms with Gasteiger partial charge < -0.3 is 37.6 Å². The summed E-state index contributed by atoms with van der Waals surface area (Å²) in [7, 11) is 0. The molecule has 0 aromatic heterocycles. The van der Waals surface area contributed by atoms with Gasteiger partial charge >= 0.3 is 5.97 Å². The minimum Gasteiger partial charge on any atom is -0.480 e. The Bertz CT molecular complexity index is 582. The Morgan fingerprint density at radius 1 is 0.964 bits per heavy atom.